The number of carboxylic acid groups (broad SMARTS) is 1. The van der Waals surface area contributed by atoms with E-state index in [1.54, 1.807) is 10.9 Å². The number of aliphatic imine (C=N–C) groups is 1. The van der Waals surface area contributed by atoms with E-state index in [0.29, 0.717) is 5.82 Å². The average Bonchev–Trinajstić information content (AvgIpc) is 3.08. The predicted octanol–water partition coefficient (Wildman–Crippen LogP) is 4.58. The standard InChI is InChI=1S/C24H23N5O2/c1-15-19(18-8-5-4-6-9-18)10-7-11-20(15)27-23-22-21(29(3)28-23)12-17(14-26-22)13-25-16(2)24(30)31/h4-14,16H,1-3H3,(H,27,28)(H,30,31). The Hall–Kier alpha value is -4.00. The number of rotatable bonds is 6. The number of aryl methyl sites for hydroxylation is 1. The van der Waals surface area contributed by atoms with Crippen molar-refractivity contribution in [1.29, 1.82) is 0 Å². The third kappa shape index (κ3) is 4.16. The monoisotopic (exact) mass is 413 g/mol. The Labute approximate surface area is 180 Å². The van der Waals surface area contributed by atoms with Gasteiger partial charge in [0, 0.05) is 30.7 Å². The number of pyridine rings is 1. The Morgan fingerprint density at radius 2 is 1.97 bits per heavy atom. The first kappa shape index (κ1) is 20.3. The van der Waals surface area contributed by atoms with Gasteiger partial charge in [0.15, 0.2) is 5.82 Å². The highest BCUT2D eigenvalue weighted by Crippen LogP contribution is 2.31. The number of nitrogens with one attached hydrogen (secondary N) is 1. The van der Waals surface area contributed by atoms with Crippen molar-refractivity contribution in [2.24, 2.45) is 12.0 Å². The van der Waals surface area contributed by atoms with E-state index in [0.717, 1.165) is 39.0 Å². The Morgan fingerprint density at radius 3 is 2.71 bits per heavy atom. The smallest absolute Gasteiger partial charge is 0.328 e. The number of carboxylic acids is 1. The molecule has 7 heteroatoms. The highest BCUT2D eigenvalue weighted by Gasteiger charge is 2.14. The highest BCUT2D eigenvalue weighted by molar-refractivity contribution is 5.93. The van der Waals surface area contributed by atoms with Crippen LogP contribution in [0, 0.1) is 6.92 Å². The molecule has 2 N–H and O–H groups in total. The average molecular weight is 413 g/mol. The van der Waals surface area contributed by atoms with Crippen LogP contribution in [0.4, 0.5) is 11.5 Å². The van der Waals surface area contributed by atoms with Crippen molar-refractivity contribution in [3.63, 3.8) is 0 Å². The van der Waals surface area contributed by atoms with Crippen LogP contribution >= 0.6 is 0 Å². The van der Waals surface area contributed by atoms with Crippen LogP contribution < -0.4 is 5.32 Å². The Kier molecular flexibility index (Phi) is 5.49. The summed E-state index contributed by atoms with van der Waals surface area (Å²) < 4.78 is 1.75. The van der Waals surface area contributed by atoms with E-state index in [9.17, 15) is 4.79 Å². The van der Waals surface area contributed by atoms with Gasteiger partial charge in [-0.25, -0.2) is 9.78 Å². The third-order valence-corrected chi connectivity index (χ3v) is 5.19. The summed E-state index contributed by atoms with van der Waals surface area (Å²) in [4.78, 5) is 19.5. The maximum absolute atomic E-state index is 11.0. The molecule has 0 spiro atoms. The third-order valence-electron chi connectivity index (χ3n) is 5.19. The first-order valence-corrected chi connectivity index (χ1v) is 9.95. The van der Waals surface area contributed by atoms with Gasteiger partial charge in [-0.15, -0.1) is 0 Å². The second-order valence-corrected chi connectivity index (χ2v) is 7.37. The van der Waals surface area contributed by atoms with Crippen LogP contribution in [-0.4, -0.2) is 38.1 Å². The molecule has 4 aromatic rings. The van der Waals surface area contributed by atoms with Gasteiger partial charge in [0.1, 0.15) is 11.6 Å². The lowest BCUT2D eigenvalue weighted by molar-refractivity contribution is -0.137. The number of carbonyl (C=O) groups is 1. The van der Waals surface area contributed by atoms with E-state index in [-0.39, 0.29) is 0 Å². The van der Waals surface area contributed by atoms with Crippen LogP contribution in [0.2, 0.25) is 0 Å². The SMILES string of the molecule is Cc1c(Nc2nn(C)c3cc(C=NC(C)C(=O)O)cnc23)cccc1-c1ccccc1. The summed E-state index contributed by atoms with van der Waals surface area (Å²) in [5, 5.41) is 17.0. The first-order valence-electron chi connectivity index (χ1n) is 9.95. The minimum absolute atomic E-state index is 0.660. The quantitative estimate of drug-likeness (QED) is 0.452. The molecule has 0 radical (unpaired) electrons. The summed E-state index contributed by atoms with van der Waals surface area (Å²) in [6, 6.07) is 17.5. The molecular weight excluding hydrogens is 390 g/mol. The molecule has 1 atom stereocenters. The summed E-state index contributed by atoms with van der Waals surface area (Å²) in [5.74, 6) is -0.307. The summed E-state index contributed by atoms with van der Waals surface area (Å²) in [6.45, 7) is 3.62. The Bertz CT molecular complexity index is 1280. The van der Waals surface area contributed by atoms with Gasteiger partial charge in [-0.05, 0) is 42.7 Å². The van der Waals surface area contributed by atoms with Crippen molar-refractivity contribution in [1.82, 2.24) is 14.8 Å². The zero-order chi connectivity index (χ0) is 22.0. The Balaban J connectivity index is 1.66. The van der Waals surface area contributed by atoms with Crippen molar-refractivity contribution >= 4 is 34.7 Å². The summed E-state index contributed by atoms with van der Waals surface area (Å²) in [5.41, 5.74) is 6.68. The van der Waals surface area contributed by atoms with Crippen LogP contribution in [0.25, 0.3) is 22.2 Å². The van der Waals surface area contributed by atoms with Crippen LogP contribution in [0.3, 0.4) is 0 Å². The summed E-state index contributed by atoms with van der Waals surface area (Å²) >= 11 is 0. The van der Waals surface area contributed by atoms with Gasteiger partial charge in [-0.2, -0.15) is 5.10 Å². The predicted molar refractivity (Wildman–Crippen MR) is 123 cm³/mol. The largest absolute Gasteiger partial charge is 0.480 e. The van der Waals surface area contributed by atoms with Crippen molar-refractivity contribution in [3.8, 4) is 11.1 Å². The van der Waals surface area contributed by atoms with E-state index in [2.05, 4.69) is 45.5 Å². The fourth-order valence-corrected chi connectivity index (χ4v) is 3.39. The zero-order valence-electron chi connectivity index (χ0n) is 17.6. The topological polar surface area (TPSA) is 92.4 Å². The molecule has 0 aliphatic heterocycles. The molecule has 0 aliphatic carbocycles. The maximum atomic E-state index is 11.0. The molecule has 2 aromatic carbocycles. The fraction of sp³-hybridized carbons (Fsp3) is 0.167. The van der Waals surface area contributed by atoms with E-state index in [4.69, 9.17) is 5.11 Å². The minimum atomic E-state index is -0.967. The van der Waals surface area contributed by atoms with E-state index >= 15 is 0 Å². The van der Waals surface area contributed by atoms with Crippen molar-refractivity contribution in [2.45, 2.75) is 19.9 Å². The van der Waals surface area contributed by atoms with Crippen molar-refractivity contribution in [2.75, 3.05) is 5.32 Å². The molecule has 2 aromatic heterocycles. The van der Waals surface area contributed by atoms with Gasteiger partial charge in [0.05, 0.1) is 5.52 Å². The molecular formula is C24H23N5O2. The molecule has 31 heavy (non-hydrogen) atoms. The molecule has 4 rings (SSSR count). The molecule has 0 fully saturated rings. The lowest BCUT2D eigenvalue weighted by Crippen LogP contribution is -2.13. The van der Waals surface area contributed by atoms with Crippen LogP contribution in [0.1, 0.15) is 18.1 Å². The molecule has 0 saturated carbocycles. The summed E-state index contributed by atoms with van der Waals surface area (Å²) in [7, 11) is 1.85. The number of hydrogen-bond acceptors (Lipinski definition) is 5. The number of hydrogen-bond donors (Lipinski definition) is 2. The van der Waals surface area contributed by atoms with E-state index < -0.39 is 12.0 Å². The van der Waals surface area contributed by atoms with Crippen LogP contribution in [-0.2, 0) is 11.8 Å². The lowest BCUT2D eigenvalue weighted by atomic mass is 9.99. The van der Waals surface area contributed by atoms with Crippen molar-refractivity contribution in [3.05, 3.63) is 71.9 Å². The lowest BCUT2D eigenvalue weighted by Gasteiger charge is -2.12. The maximum Gasteiger partial charge on any atom is 0.328 e. The Morgan fingerprint density at radius 1 is 1.19 bits per heavy atom. The fourth-order valence-electron chi connectivity index (χ4n) is 3.39. The van der Waals surface area contributed by atoms with Crippen LogP contribution in [0.5, 0.6) is 0 Å². The van der Waals surface area contributed by atoms with E-state index in [1.807, 2.05) is 43.4 Å². The number of benzene rings is 2. The van der Waals surface area contributed by atoms with Crippen molar-refractivity contribution < 1.29 is 9.90 Å². The van der Waals surface area contributed by atoms with E-state index in [1.165, 1.54) is 13.1 Å². The van der Waals surface area contributed by atoms with Crippen LogP contribution in [0.15, 0.2) is 65.8 Å². The molecule has 1 unspecified atom stereocenters. The number of aromatic nitrogens is 3. The molecule has 7 nitrogen and oxygen atoms in total. The highest BCUT2D eigenvalue weighted by atomic mass is 16.4. The number of fused-ring (bicyclic) bond motifs is 1. The van der Waals surface area contributed by atoms with Gasteiger partial charge in [-0.1, -0.05) is 42.5 Å². The van der Waals surface area contributed by atoms with Gasteiger partial charge in [0.25, 0.3) is 0 Å². The van der Waals surface area contributed by atoms with Gasteiger partial charge >= 0.3 is 5.97 Å². The molecule has 156 valence electrons. The number of aliphatic carboxylic acids is 1. The molecule has 0 aliphatic rings. The summed E-state index contributed by atoms with van der Waals surface area (Å²) in [6.07, 6.45) is 3.19. The second-order valence-electron chi connectivity index (χ2n) is 7.37. The first-order chi connectivity index (χ1) is 14.9. The van der Waals surface area contributed by atoms with Gasteiger partial charge in [0.2, 0.25) is 0 Å². The second kappa shape index (κ2) is 8.39. The molecule has 0 bridgehead atoms. The zero-order valence-corrected chi connectivity index (χ0v) is 17.6. The van der Waals surface area contributed by atoms with Gasteiger partial charge in [-0.3, -0.25) is 9.67 Å². The normalized spacial score (nSPS) is 12.4. The number of nitrogens with zero attached hydrogens (tertiary/aromatic N) is 4. The minimum Gasteiger partial charge on any atom is -0.480 e. The molecule has 2 heterocycles. The number of anilines is 2. The molecule has 0 saturated heterocycles. The molecule has 0 amide bonds. The van der Waals surface area contributed by atoms with Gasteiger partial charge < -0.3 is 10.4 Å².